The largest absolute Gasteiger partial charge is 0.478 e. The van der Waals surface area contributed by atoms with Crippen LogP contribution in [0.2, 0.25) is 0 Å². The maximum Gasteiger partial charge on any atom is 0.335 e. The van der Waals surface area contributed by atoms with Gasteiger partial charge in [0.1, 0.15) is 0 Å². The van der Waals surface area contributed by atoms with Crippen LogP contribution in [0.3, 0.4) is 0 Å². The first-order valence-electron chi connectivity index (χ1n) is 6.95. The van der Waals surface area contributed by atoms with Gasteiger partial charge in [-0.3, -0.25) is 4.90 Å². The molecule has 102 valence electrons. The second-order valence-corrected chi connectivity index (χ2v) is 5.64. The van der Waals surface area contributed by atoms with Gasteiger partial charge in [-0.25, -0.2) is 4.79 Å². The Bertz CT molecular complexity index is 489. The summed E-state index contributed by atoms with van der Waals surface area (Å²) in [5.74, 6) is -0.852. The lowest BCUT2D eigenvalue weighted by molar-refractivity contribution is 0.0697. The molecular weight excluding hydrogens is 240 g/mol. The van der Waals surface area contributed by atoms with Crippen molar-refractivity contribution in [2.24, 2.45) is 0 Å². The lowest BCUT2D eigenvalue weighted by atomic mass is 10.1. The number of nitrogens with zero attached hydrogens (tertiary/aromatic N) is 2. The Morgan fingerprint density at radius 2 is 2.05 bits per heavy atom. The molecule has 19 heavy (non-hydrogen) atoms. The molecule has 2 aliphatic heterocycles. The molecule has 2 saturated heterocycles. The number of carbonyl (C=O) groups is 1. The van der Waals surface area contributed by atoms with Gasteiger partial charge in [0.05, 0.1) is 5.56 Å². The summed E-state index contributed by atoms with van der Waals surface area (Å²) in [5, 5.41) is 9.08. The van der Waals surface area contributed by atoms with Crippen molar-refractivity contribution in [3.05, 3.63) is 29.8 Å². The second kappa shape index (κ2) is 4.85. The molecule has 2 atom stereocenters. The standard InChI is InChI=1S/C15H20N2O2/c1-16-12-5-6-14(16)10-17(8-7-12)13-4-2-3-11(9-13)15(18)19/h2-4,9,12,14H,5-8,10H2,1H3,(H,18,19). The van der Waals surface area contributed by atoms with Gasteiger partial charge in [-0.05, 0) is 44.5 Å². The highest BCUT2D eigenvalue weighted by molar-refractivity contribution is 5.88. The lowest BCUT2D eigenvalue weighted by Crippen LogP contribution is -2.36. The minimum Gasteiger partial charge on any atom is -0.478 e. The van der Waals surface area contributed by atoms with Gasteiger partial charge in [-0.1, -0.05) is 6.07 Å². The summed E-state index contributed by atoms with van der Waals surface area (Å²) in [4.78, 5) is 15.9. The predicted octanol–water partition coefficient (Wildman–Crippen LogP) is 2.06. The number of anilines is 1. The van der Waals surface area contributed by atoms with Crippen molar-refractivity contribution in [1.82, 2.24) is 4.90 Å². The lowest BCUT2D eigenvalue weighted by Gasteiger charge is -2.27. The van der Waals surface area contributed by atoms with E-state index in [1.807, 2.05) is 12.1 Å². The van der Waals surface area contributed by atoms with E-state index in [9.17, 15) is 4.79 Å². The maximum atomic E-state index is 11.1. The number of rotatable bonds is 2. The molecule has 2 fully saturated rings. The number of aromatic carboxylic acids is 1. The first-order chi connectivity index (χ1) is 9.15. The van der Waals surface area contributed by atoms with Crippen LogP contribution in [0.25, 0.3) is 0 Å². The van der Waals surface area contributed by atoms with Crippen LogP contribution in [0.1, 0.15) is 29.6 Å². The zero-order valence-electron chi connectivity index (χ0n) is 11.2. The molecule has 2 unspecified atom stereocenters. The number of likely N-dealkylation sites (N-methyl/N-ethyl adjacent to an activating group) is 1. The molecular formula is C15H20N2O2. The van der Waals surface area contributed by atoms with E-state index in [0.717, 1.165) is 18.8 Å². The minimum absolute atomic E-state index is 0.375. The Morgan fingerprint density at radius 3 is 2.84 bits per heavy atom. The fraction of sp³-hybridized carbons (Fsp3) is 0.533. The van der Waals surface area contributed by atoms with Crippen LogP contribution in [-0.4, -0.2) is 48.2 Å². The van der Waals surface area contributed by atoms with Crippen LogP contribution in [0.5, 0.6) is 0 Å². The summed E-state index contributed by atoms with van der Waals surface area (Å²) in [7, 11) is 2.22. The topological polar surface area (TPSA) is 43.8 Å². The van der Waals surface area contributed by atoms with Crippen LogP contribution in [0.4, 0.5) is 5.69 Å². The molecule has 4 heteroatoms. The smallest absolute Gasteiger partial charge is 0.335 e. The normalized spacial score (nSPS) is 27.3. The number of hydrogen-bond donors (Lipinski definition) is 1. The Labute approximate surface area is 113 Å². The number of carboxylic acid groups (broad SMARTS) is 1. The molecule has 1 aromatic carbocycles. The van der Waals surface area contributed by atoms with Crippen molar-refractivity contribution in [3.63, 3.8) is 0 Å². The van der Waals surface area contributed by atoms with Gasteiger partial charge in [-0.2, -0.15) is 0 Å². The SMILES string of the molecule is CN1C2CCC1CN(c1cccc(C(=O)O)c1)CC2. The van der Waals surface area contributed by atoms with Gasteiger partial charge in [-0.15, -0.1) is 0 Å². The van der Waals surface area contributed by atoms with Gasteiger partial charge >= 0.3 is 5.97 Å². The quantitative estimate of drug-likeness (QED) is 0.884. The van der Waals surface area contributed by atoms with Gasteiger partial charge in [0, 0.05) is 30.9 Å². The summed E-state index contributed by atoms with van der Waals surface area (Å²) >= 11 is 0. The van der Waals surface area contributed by atoms with E-state index in [1.54, 1.807) is 12.1 Å². The third-order valence-electron chi connectivity index (χ3n) is 4.61. The molecule has 3 rings (SSSR count). The first kappa shape index (κ1) is 12.5. The van der Waals surface area contributed by atoms with E-state index in [2.05, 4.69) is 16.8 Å². The van der Waals surface area contributed by atoms with E-state index < -0.39 is 5.97 Å². The Hall–Kier alpha value is -1.55. The third-order valence-corrected chi connectivity index (χ3v) is 4.61. The van der Waals surface area contributed by atoms with Crippen molar-refractivity contribution < 1.29 is 9.90 Å². The number of fused-ring (bicyclic) bond motifs is 2. The first-order valence-corrected chi connectivity index (χ1v) is 6.95. The predicted molar refractivity (Wildman–Crippen MR) is 74.8 cm³/mol. The summed E-state index contributed by atoms with van der Waals surface area (Å²) in [5.41, 5.74) is 1.42. The highest BCUT2D eigenvalue weighted by atomic mass is 16.4. The molecule has 0 saturated carbocycles. The van der Waals surface area contributed by atoms with E-state index in [0.29, 0.717) is 17.6 Å². The third kappa shape index (κ3) is 2.32. The number of benzene rings is 1. The van der Waals surface area contributed by atoms with E-state index in [4.69, 9.17) is 5.11 Å². The van der Waals surface area contributed by atoms with Crippen LogP contribution in [-0.2, 0) is 0 Å². The van der Waals surface area contributed by atoms with Crippen LogP contribution in [0.15, 0.2) is 24.3 Å². The Balaban J connectivity index is 1.82. The molecule has 2 bridgehead atoms. The summed E-state index contributed by atoms with van der Waals surface area (Å²) in [6.45, 7) is 2.03. The average molecular weight is 260 g/mol. The van der Waals surface area contributed by atoms with Crippen LogP contribution in [0, 0.1) is 0 Å². The molecule has 0 radical (unpaired) electrons. The molecule has 2 heterocycles. The Kier molecular flexibility index (Phi) is 3.19. The molecule has 0 aliphatic carbocycles. The number of hydrogen-bond acceptors (Lipinski definition) is 3. The van der Waals surface area contributed by atoms with Crippen LogP contribution < -0.4 is 4.90 Å². The maximum absolute atomic E-state index is 11.1. The van der Waals surface area contributed by atoms with Gasteiger partial charge in [0.15, 0.2) is 0 Å². The van der Waals surface area contributed by atoms with Crippen molar-refractivity contribution in [2.75, 3.05) is 25.0 Å². The molecule has 0 amide bonds. The van der Waals surface area contributed by atoms with E-state index in [-0.39, 0.29) is 0 Å². The van der Waals surface area contributed by atoms with Crippen LogP contribution >= 0.6 is 0 Å². The summed E-state index contributed by atoms with van der Waals surface area (Å²) in [6, 6.07) is 8.62. The zero-order valence-corrected chi connectivity index (χ0v) is 11.2. The second-order valence-electron chi connectivity index (χ2n) is 5.64. The molecule has 0 spiro atoms. The van der Waals surface area contributed by atoms with Crippen molar-refractivity contribution in [2.45, 2.75) is 31.3 Å². The van der Waals surface area contributed by atoms with Gasteiger partial charge in [0.25, 0.3) is 0 Å². The molecule has 2 aliphatic rings. The van der Waals surface area contributed by atoms with Crippen molar-refractivity contribution >= 4 is 11.7 Å². The van der Waals surface area contributed by atoms with Gasteiger partial charge in [0.2, 0.25) is 0 Å². The van der Waals surface area contributed by atoms with E-state index in [1.165, 1.54) is 19.3 Å². The molecule has 1 N–H and O–H groups in total. The fourth-order valence-corrected chi connectivity index (χ4v) is 3.38. The number of carboxylic acids is 1. The highest BCUT2D eigenvalue weighted by Crippen LogP contribution is 2.30. The molecule has 1 aromatic rings. The Morgan fingerprint density at radius 1 is 1.26 bits per heavy atom. The summed E-state index contributed by atoms with van der Waals surface area (Å²) < 4.78 is 0. The summed E-state index contributed by atoms with van der Waals surface area (Å²) in [6.07, 6.45) is 3.74. The van der Waals surface area contributed by atoms with Gasteiger partial charge < -0.3 is 10.0 Å². The van der Waals surface area contributed by atoms with Crippen molar-refractivity contribution in [3.8, 4) is 0 Å². The fourth-order valence-electron chi connectivity index (χ4n) is 3.38. The average Bonchev–Trinajstić information content (AvgIpc) is 2.63. The van der Waals surface area contributed by atoms with E-state index >= 15 is 0 Å². The van der Waals surface area contributed by atoms with Crippen molar-refractivity contribution in [1.29, 1.82) is 0 Å². The molecule has 4 nitrogen and oxygen atoms in total. The monoisotopic (exact) mass is 260 g/mol. The minimum atomic E-state index is -0.852. The highest BCUT2D eigenvalue weighted by Gasteiger charge is 2.34. The molecule has 0 aromatic heterocycles. The zero-order chi connectivity index (χ0) is 13.4.